The van der Waals surface area contributed by atoms with Crippen LogP contribution in [0.1, 0.15) is 0 Å². The van der Waals surface area contributed by atoms with Crippen LogP contribution in [0, 0.1) is 0 Å². The standard InChI is InChI=1S/C7H11NO2S/c1-4-6(10-2)7(11-3)8-5-9/h4-5H,1H2,2-3H3,(H,8,9)/b7-6-. The number of nitrogens with one attached hydrogen (secondary N) is 1. The van der Waals surface area contributed by atoms with Crippen molar-refractivity contribution in [1.82, 2.24) is 5.32 Å². The van der Waals surface area contributed by atoms with Gasteiger partial charge in [0.05, 0.1) is 7.11 Å². The molecule has 0 radical (unpaired) electrons. The van der Waals surface area contributed by atoms with Crippen molar-refractivity contribution in [3.05, 3.63) is 23.4 Å². The lowest BCUT2D eigenvalue weighted by atomic mass is 10.5. The summed E-state index contributed by atoms with van der Waals surface area (Å²) in [6.45, 7) is 3.53. The molecule has 0 atom stereocenters. The number of rotatable bonds is 5. The van der Waals surface area contributed by atoms with Crippen LogP contribution in [0.3, 0.4) is 0 Å². The molecule has 0 spiro atoms. The maximum atomic E-state index is 10.1. The smallest absolute Gasteiger partial charge is 0.212 e. The second-order valence-corrected chi connectivity index (χ2v) is 2.38. The number of amides is 1. The number of carbonyl (C=O) groups excluding carboxylic acids is 1. The van der Waals surface area contributed by atoms with E-state index < -0.39 is 0 Å². The molecule has 0 aromatic carbocycles. The van der Waals surface area contributed by atoms with Crippen LogP contribution in [0.15, 0.2) is 23.4 Å². The summed E-state index contributed by atoms with van der Waals surface area (Å²) in [6.07, 6.45) is 3.99. The van der Waals surface area contributed by atoms with Crippen molar-refractivity contribution in [2.45, 2.75) is 0 Å². The molecule has 4 heteroatoms. The number of allylic oxidation sites excluding steroid dienone is 1. The summed E-state index contributed by atoms with van der Waals surface area (Å²) in [4.78, 5) is 10.1. The molecule has 62 valence electrons. The van der Waals surface area contributed by atoms with E-state index in [9.17, 15) is 4.79 Å². The molecule has 0 aliphatic rings. The monoisotopic (exact) mass is 173 g/mol. The Labute approximate surface area is 70.5 Å². The highest BCUT2D eigenvalue weighted by molar-refractivity contribution is 8.02. The Hall–Kier alpha value is -0.900. The van der Waals surface area contributed by atoms with Crippen molar-refractivity contribution in [3.63, 3.8) is 0 Å². The maximum absolute atomic E-state index is 10.1. The summed E-state index contributed by atoms with van der Waals surface area (Å²) in [6, 6.07) is 0. The van der Waals surface area contributed by atoms with Gasteiger partial charge in [0.2, 0.25) is 6.41 Å². The van der Waals surface area contributed by atoms with Gasteiger partial charge in [-0.2, -0.15) is 0 Å². The van der Waals surface area contributed by atoms with Gasteiger partial charge < -0.3 is 10.1 Å². The topological polar surface area (TPSA) is 38.3 Å². The van der Waals surface area contributed by atoms with E-state index in [4.69, 9.17) is 4.74 Å². The molecule has 0 aliphatic heterocycles. The summed E-state index contributed by atoms with van der Waals surface area (Å²) >= 11 is 1.39. The van der Waals surface area contributed by atoms with E-state index in [1.807, 2.05) is 6.26 Å². The van der Waals surface area contributed by atoms with Crippen molar-refractivity contribution >= 4 is 18.2 Å². The van der Waals surface area contributed by atoms with Gasteiger partial charge in [0.25, 0.3) is 0 Å². The molecule has 0 bridgehead atoms. The Bertz CT molecular complexity index is 177. The molecule has 0 aliphatic carbocycles. The van der Waals surface area contributed by atoms with E-state index in [-0.39, 0.29) is 0 Å². The second kappa shape index (κ2) is 5.85. The van der Waals surface area contributed by atoms with Crippen molar-refractivity contribution in [2.24, 2.45) is 0 Å². The second-order valence-electron chi connectivity index (χ2n) is 1.57. The van der Waals surface area contributed by atoms with Gasteiger partial charge in [-0.05, 0) is 12.3 Å². The third kappa shape index (κ3) is 3.13. The van der Waals surface area contributed by atoms with Gasteiger partial charge in [-0.25, -0.2) is 0 Å². The molecular weight excluding hydrogens is 162 g/mol. The van der Waals surface area contributed by atoms with Crippen LogP contribution in [-0.4, -0.2) is 19.8 Å². The van der Waals surface area contributed by atoms with Crippen LogP contribution >= 0.6 is 11.8 Å². The van der Waals surface area contributed by atoms with Crippen molar-refractivity contribution in [2.75, 3.05) is 13.4 Å². The molecule has 11 heavy (non-hydrogen) atoms. The first-order chi connectivity index (χ1) is 5.29. The van der Waals surface area contributed by atoms with Crippen molar-refractivity contribution < 1.29 is 9.53 Å². The van der Waals surface area contributed by atoms with E-state index in [0.29, 0.717) is 17.2 Å². The van der Waals surface area contributed by atoms with E-state index in [1.54, 1.807) is 6.08 Å². The van der Waals surface area contributed by atoms with Crippen LogP contribution < -0.4 is 5.32 Å². The minimum Gasteiger partial charge on any atom is -0.494 e. The van der Waals surface area contributed by atoms with Gasteiger partial charge in [0, 0.05) is 0 Å². The van der Waals surface area contributed by atoms with Crippen LogP contribution in [0.4, 0.5) is 0 Å². The maximum Gasteiger partial charge on any atom is 0.212 e. The molecule has 3 nitrogen and oxygen atoms in total. The molecule has 0 unspecified atom stereocenters. The van der Waals surface area contributed by atoms with Crippen LogP contribution in [0.5, 0.6) is 0 Å². The molecule has 0 rings (SSSR count). The number of thioether (sulfide) groups is 1. The highest BCUT2D eigenvalue weighted by Crippen LogP contribution is 2.13. The zero-order valence-electron chi connectivity index (χ0n) is 6.59. The van der Waals surface area contributed by atoms with E-state index in [1.165, 1.54) is 18.9 Å². The lowest BCUT2D eigenvalue weighted by Crippen LogP contribution is -2.09. The molecule has 0 fully saturated rings. The van der Waals surface area contributed by atoms with Gasteiger partial charge in [-0.1, -0.05) is 6.58 Å². The van der Waals surface area contributed by atoms with Gasteiger partial charge in [-0.3, -0.25) is 4.79 Å². The predicted molar refractivity (Wildman–Crippen MR) is 46.9 cm³/mol. The third-order valence-electron chi connectivity index (χ3n) is 1.02. The first kappa shape index (κ1) is 10.1. The number of methoxy groups -OCH3 is 1. The molecule has 0 saturated carbocycles. The van der Waals surface area contributed by atoms with E-state index in [2.05, 4.69) is 11.9 Å². The summed E-state index contributed by atoms with van der Waals surface area (Å²) < 4.78 is 4.92. The molecule has 0 aromatic heterocycles. The number of hydrogen-bond acceptors (Lipinski definition) is 3. The summed E-state index contributed by atoms with van der Waals surface area (Å²) in [7, 11) is 1.53. The fourth-order valence-electron chi connectivity index (χ4n) is 0.553. The minimum absolute atomic E-state index is 0.574. The number of ether oxygens (including phenoxy) is 1. The van der Waals surface area contributed by atoms with E-state index in [0.717, 1.165) is 0 Å². The van der Waals surface area contributed by atoms with Crippen LogP contribution in [0.2, 0.25) is 0 Å². The van der Waals surface area contributed by atoms with Crippen molar-refractivity contribution in [3.8, 4) is 0 Å². The Morgan fingerprint density at radius 1 is 1.73 bits per heavy atom. The molecule has 1 amide bonds. The first-order valence-electron chi connectivity index (χ1n) is 2.95. The largest absolute Gasteiger partial charge is 0.494 e. The fraction of sp³-hybridized carbons (Fsp3) is 0.286. The van der Waals surface area contributed by atoms with Gasteiger partial charge in [-0.15, -0.1) is 11.8 Å². The van der Waals surface area contributed by atoms with Crippen molar-refractivity contribution in [1.29, 1.82) is 0 Å². The van der Waals surface area contributed by atoms with Gasteiger partial charge in [0.15, 0.2) is 0 Å². The Morgan fingerprint density at radius 3 is 2.64 bits per heavy atom. The van der Waals surface area contributed by atoms with Crippen LogP contribution in [-0.2, 0) is 9.53 Å². The zero-order valence-corrected chi connectivity index (χ0v) is 7.40. The Balaban J connectivity index is 4.46. The number of hydrogen-bond donors (Lipinski definition) is 1. The quantitative estimate of drug-likeness (QED) is 0.384. The minimum atomic E-state index is 0.574. The molecule has 0 heterocycles. The molecule has 0 saturated heterocycles. The molecular formula is C7H11NO2S. The van der Waals surface area contributed by atoms with Crippen LogP contribution in [0.25, 0.3) is 0 Å². The average molecular weight is 173 g/mol. The Morgan fingerprint density at radius 2 is 2.36 bits per heavy atom. The SMILES string of the molecule is C=C/C(OC)=C(\NC=O)SC. The average Bonchev–Trinajstić information content (AvgIpc) is 2.05. The normalized spacial score (nSPS) is 11.5. The predicted octanol–water partition coefficient (Wildman–Crippen LogP) is 1.10. The Kier molecular flexibility index (Phi) is 5.37. The van der Waals surface area contributed by atoms with Gasteiger partial charge in [0.1, 0.15) is 10.8 Å². The first-order valence-corrected chi connectivity index (χ1v) is 4.17. The number of carbonyl (C=O) groups is 1. The summed E-state index contributed by atoms with van der Waals surface area (Å²) in [5.74, 6) is 0.574. The summed E-state index contributed by atoms with van der Waals surface area (Å²) in [5, 5.41) is 3.16. The van der Waals surface area contributed by atoms with Gasteiger partial charge >= 0.3 is 0 Å². The highest BCUT2D eigenvalue weighted by Gasteiger charge is 2.00. The lowest BCUT2D eigenvalue weighted by molar-refractivity contribution is -0.108. The lowest BCUT2D eigenvalue weighted by Gasteiger charge is -2.06. The zero-order chi connectivity index (χ0) is 8.69. The molecule has 0 aromatic rings. The fourth-order valence-corrected chi connectivity index (χ4v) is 1.09. The molecule has 1 N–H and O–H groups in total. The highest BCUT2D eigenvalue weighted by atomic mass is 32.2. The summed E-state index contributed by atoms with van der Waals surface area (Å²) in [5.41, 5.74) is 0. The third-order valence-corrected chi connectivity index (χ3v) is 1.75. The van der Waals surface area contributed by atoms with E-state index >= 15 is 0 Å².